The number of carbonyl (C=O) groups excluding carboxylic acids is 1. The molecule has 35 heavy (non-hydrogen) atoms. The zero-order valence-electron chi connectivity index (χ0n) is 18.1. The van der Waals surface area contributed by atoms with Crippen molar-refractivity contribution < 1.29 is 17.6 Å². The van der Waals surface area contributed by atoms with Crippen molar-refractivity contribution in [2.45, 2.75) is 18.0 Å². The number of anilines is 1. The fourth-order valence-electron chi connectivity index (χ4n) is 3.42. The van der Waals surface area contributed by atoms with Crippen LogP contribution < -0.4 is 21.2 Å². The molecule has 0 saturated heterocycles. The largest absolute Gasteiger partial charge is 0.399 e. The smallest absolute Gasteiger partial charge is 0.257 e. The minimum Gasteiger partial charge on any atom is -0.399 e. The molecular weight excluding hydrogens is 495 g/mol. The van der Waals surface area contributed by atoms with E-state index in [1.807, 2.05) is 0 Å². The molecular formula is C24H20ClFN4O4S. The van der Waals surface area contributed by atoms with E-state index in [0.717, 1.165) is 23.9 Å². The number of carbonyl (C=O) groups is 1. The van der Waals surface area contributed by atoms with Crippen LogP contribution in [0.3, 0.4) is 0 Å². The van der Waals surface area contributed by atoms with Gasteiger partial charge in [0.05, 0.1) is 10.9 Å². The van der Waals surface area contributed by atoms with Gasteiger partial charge >= 0.3 is 0 Å². The highest BCUT2D eigenvalue weighted by Gasteiger charge is 2.22. The molecule has 0 saturated carbocycles. The molecule has 0 radical (unpaired) electrons. The van der Waals surface area contributed by atoms with Crippen LogP contribution in [-0.4, -0.2) is 19.3 Å². The maximum absolute atomic E-state index is 14.4. The van der Waals surface area contributed by atoms with Gasteiger partial charge in [0.15, 0.2) is 0 Å². The molecule has 180 valence electrons. The van der Waals surface area contributed by atoms with Crippen LogP contribution in [0.15, 0.2) is 76.6 Å². The van der Waals surface area contributed by atoms with E-state index in [9.17, 15) is 22.4 Å². The average Bonchev–Trinajstić information content (AvgIpc) is 2.83. The van der Waals surface area contributed by atoms with Gasteiger partial charge in [-0.15, -0.1) is 0 Å². The number of fused-ring (bicyclic) bond motifs is 1. The molecule has 0 aliphatic carbocycles. The van der Waals surface area contributed by atoms with Crippen LogP contribution in [0.5, 0.6) is 0 Å². The summed E-state index contributed by atoms with van der Waals surface area (Å²) in [5.41, 5.74) is 6.35. The number of aromatic amines is 1. The fourth-order valence-corrected chi connectivity index (χ4v) is 4.76. The maximum atomic E-state index is 14.4. The molecule has 0 bridgehead atoms. The molecule has 8 nitrogen and oxygen atoms in total. The minimum atomic E-state index is -4.22. The first-order valence-corrected chi connectivity index (χ1v) is 12.2. The molecule has 0 atom stereocenters. The number of halogens is 2. The number of benzene rings is 3. The van der Waals surface area contributed by atoms with Gasteiger partial charge in [0, 0.05) is 30.0 Å². The zero-order chi connectivity index (χ0) is 25.2. The van der Waals surface area contributed by atoms with Crippen LogP contribution >= 0.6 is 11.6 Å². The minimum absolute atomic E-state index is 0.0734. The van der Waals surface area contributed by atoms with Gasteiger partial charge in [0.1, 0.15) is 16.3 Å². The molecule has 0 fully saturated rings. The number of hydrogen-bond acceptors (Lipinski definition) is 5. The van der Waals surface area contributed by atoms with E-state index in [4.69, 9.17) is 17.3 Å². The predicted molar refractivity (Wildman–Crippen MR) is 132 cm³/mol. The Labute approximate surface area is 205 Å². The molecule has 4 aromatic rings. The second-order valence-electron chi connectivity index (χ2n) is 7.73. The van der Waals surface area contributed by atoms with Crippen molar-refractivity contribution in [2.75, 3.05) is 5.73 Å². The van der Waals surface area contributed by atoms with Crippen molar-refractivity contribution in [3.05, 3.63) is 105 Å². The molecule has 0 spiro atoms. The second kappa shape index (κ2) is 9.87. The molecule has 4 rings (SSSR count). The third kappa shape index (κ3) is 5.51. The van der Waals surface area contributed by atoms with Gasteiger partial charge in [-0.2, -0.15) is 0 Å². The normalized spacial score (nSPS) is 11.5. The van der Waals surface area contributed by atoms with Crippen molar-refractivity contribution in [1.29, 1.82) is 0 Å². The molecule has 1 amide bonds. The van der Waals surface area contributed by atoms with Crippen molar-refractivity contribution in [3.8, 4) is 0 Å². The highest BCUT2D eigenvalue weighted by Crippen LogP contribution is 2.22. The summed E-state index contributed by atoms with van der Waals surface area (Å²) in [5.74, 6) is -1.63. The first kappa shape index (κ1) is 24.4. The van der Waals surface area contributed by atoms with Gasteiger partial charge in [-0.25, -0.2) is 17.5 Å². The third-order valence-corrected chi connectivity index (χ3v) is 6.94. The summed E-state index contributed by atoms with van der Waals surface area (Å²) in [7, 11) is -4.22. The Morgan fingerprint density at radius 1 is 1.00 bits per heavy atom. The summed E-state index contributed by atoms with van der Waals surface area (Å²) in [5, 5.41) is 2.88. The van der Waals surface area contributed by atoms with Gasteiger partial charge in [-0.3, -0.25) is 9.59 Å². The lowest BCUT2D eigenvalue weighted by molar-refractivity contribution is 0.0949. The molecule has 0 aliphatic heterocycles. The number of aromatic nitrogens is 1. The van der Waals surface area contributed by atoms with Crippen LogP contribution in [0.25, 0.3) is 10.9 Å². The highest BCUT2D eigenvalue weighted by atomic mass is 35.5. The number of nitrogens with two attached hydrogens (primary N) is 1. The Morgan fingerprint density at radius 3 is 2.31 bits per heavy atom. The van der Waals surface area contributed by atoms with Crippen LogP contribution in [0, 0.1) is 5.82 Å². The van der Waals surface area contributed by atoms with Gasteiger partial charge in [0.25, 0.3) is 5.91 Å². The average molecular weight is 515 g/mol. The quantitative estimate of drug-likeness (QED) is 0.281. The first-order chi connectivity index (χ1) is 16.6. The van der Waals surface area contributed by atoms with Gasteiger partial charge in [-0.1, -0.05) is 35.9 Å². The lowest BCUT2D eigenvalue weighted by Gasteiger charge is -2.11. The Kier molecular flexibility index (Phi) is 6.88. The summed E-state index contributed by atoms with van der Waals surface area (Å²) in [4.78, 5) is 27.8. The summed E-state index contributed by atoms with van der Waals surface area (Å²) in [6.07, 6.45) is 1.11. The van der Waals surface area contributed by atoms with E-state index >= 15 is 0 Å². The number of hydrogen-bond donors (Lipinski definition) is 4. The van der Waals surface area contributed by atoms with E-state index in [1.165, 1.54) is 0 Å². The Hall–Kier alpha value is -3.73. The topological polar surface area (TPSA) is 134 Å². The molecule has 1 aromatic heterocycles. The summed E-state index contributed by atoms with van der Waals surface area (Å²) in [6.45, 7) is 0.0569. The Balaban J connectivity index is 1.62. The standard InChI is InChI=1S/C24H20ClFN4O4S/c25-16-5-1-14(2-6-16)11-29-24(32)20-13-28-22-19(23(20)31)9-17(26)10-21(22)35(33,34)30-12-15-3-7-18(27)8-4-15/h1-10,13,30H,11-12,27H2,(H,28,31)(H,29,32). The third-order valence-electron chi connectivity index (χ3n) is 5.26. The number of rotatable bonds is 7. The van der Waals surface area contributed by atoms with Gasteiger partial charge < -0.3 is 16.0 Å². The molecule has 11 heteroatoms. The summed E-state index contributed by atoms with van der Waals surface area (Å²) in [6, 6.07) is 15.0. The van der Waals surface area contributed by atoms with Crippen LogP contribution in [-0.2, 0) is 23.1 Å². The molecule has 0 aliphatic rings. The Morgan fingerprint density at radius 2 is 1.63 bits per heavy atom. The van der Waals surface area contributed by atoms with E-state index in [1.54, 1.807) is 48.5 Å². The summed E-state index contributed by atoms with van der Waals surface area (Å²) >= 11 is 5.85. The number of amides is 1. The fraction of sp³-hybridized carbons (Fsp3) is 0.0833. The predicted octanol–water partition coefficient (Wildman–Crippen LogP) is 3.31. The maximum Gasteiger partial charge on any atom is 0.257 e. The van der Waals surface area contributed by atoms with Crippen molar-refractivity contribution in [2.24, 2.45) is 0 Å². The van der Waals surface area contributed by atoms with Crippen LogP contribution in [0.4, 0.5) is 10.1 Å². The SMILES string of the molecule is Nc1ccc(CNS(=O)(=O)c2cc(F)cc3c(=O)c(C(=O)NCc4ccc(Cl)cc4)c[nH]c23)cc1. The number of H-pyrrole nitrogens is 1. The molecule has 5 N–H and O–H groups in total. The number of nitrogen functional groups attached to an aromatic ring is 1. The van der Waals surface area contributed by atoms with Crippen molar-refractivity contribution in [3.63, 3.8) is 0 Å². The molecule has 0 unspecified atom stereocenters. The summed E-state index contributed by atoms with van der Waals surface area (Å²) < 4.78 is 42.6. The lowest BCUT2D eigenvalue weighted by atomic mass is 10.1. The number of sulfonamides is 1. The van der Waals surface area contributed by atoms with E-state index in [-0.39, 0.29) is 29.6 Å². The van der Waals surface area contributed by atoms with E-state index in [2.05, 4.69) is 15.0 Å². The second-order valence-corrected chi connectivity index (χ2v) is 9.91. The zero-order valence-corrected chi connectivity index (χ0v) is 19.7. The van der Waals surface area contributed by atoms with Crippen LogP contribution in [0.1, 0.15) is 21.5 Å². The number of pyridine rings is 1. The molecule has 3 aromatic carbocycles. The number of nitrogens with one attached hydrogen (secondary N) is 3. The van der Waals surface area contributed by atoms with E-state index in [0.29, 0.717) is 16.3 Å². The first-order valence-electron chi connectivity index (χ1n) is 10.4. The van der Waals surface area contributed by atoms with Crippen LogP contribution in [0.2, 0.25) is 5.02 Å². The lowest BCUT2D eigenvalue weighted by Crippen LogP contribution is -2.29. The molecule has 1 heterocycles. The monoisotopic (exact) mass is 514 g/mol. The van der Waals surface area contributed by atoms with Crippen molar-refractivity contribution >= 4 is 44.1 Å². The van der Waals surface area contributed by atoms with Gasteiger partial charge in [-0.05, 0) is 47.5 Å². The van der Waals surface area contributed by atoms with Crippen molar-refractivity contribution in [1.82, 2.24) is 15.0 Å². The highest BCUT2D eigenvalue weighted by molar-refractivity contribution is 7.89. The Bertz CT molecular complexity index is 1570. The van der Waals surface area contributed by atoms with Gasteiger partial charge in [0.2, 0.25) is 15.5 Å². The van der Waals surface area contributed by atoms with E-state index < -0.39 is 32.1 Å².